The zero-order valence-corrected chi connectivity index (χ0v) is 18.4. The first kappa shape index (κ1) is 24.3. The first-order valence-corrected chi connectivity index (χ1v) is 11.6. The number of nitro groups is 1. The number of carbonyl (C=O) groups excluding carboxylic acids is 1. The summed E-state index contributed by atoms with van der Waals surface area (Å²) in [5, 5.41) is 13.8. The van der Waals surface area contributed by atoms with Crippen LogP contribution in [0.4, 0.5) is 11.4 Å². The summed E-state index contributed by atoms with van der Waals surface area (Å²) in [6.45, 7) is 2.90. The van der Waals surface area contributed by atoms with Gasteiger partial charge in [-0.1, -0.05) is 36.4 Å². The molecule has 9 nitrogen and oxygen atoms in total. The van der Waals surface area contributed by atoms with Crippen LogP contribution in [0.3, 0.4) is 0 Å². The Bertz CT molecular complexity index is 995. The highest BCUT2D eigenvalue weighted by atomic mass is 32.2. The maximum Gasteiger partial charge on any atom is 0.271 e. The third-order valence-electron chi connectivity index (χ3n) is 4.52. The monoisotopic (exact) mass is 449 g/mol. The van der Waals surface area contributed by atoms with Gasteiger partial charge in [0.2, 0.25) is 15.9 Å². The van der Waals surface area contributed by atoms with Crippen LogP contribution in [-0.2, 0) is 26.2 Å². The van der Waals surface area contributed by atoms with Gasteiger partial charge in [0.1, 0.15) is 0 Å². The zero-order chi connectivity index (χ0) is 22.9. The lowest BCUT2D eigenvalue weighted by atomic mass is 10.1. The number of rotatable bonds is 12. The molecule has 0 saturated heterocycles. The molecule has 2 rings (SSSR count). The van der Waals surface area contributed by atoms with Gasteiger partial charge in [-0.25, -0.2) is 8.42 Å². The molecule has 0 aromatic heterocycles. The number of nitro benzene ring substituents is 1. The summed E-state index contributed by atoms with van der Waals surface area (Å²) < 4.78 is 31.1. The van der Waals surface area contributed by atoms with Crippen molar-refractivity contribution >= 4 is 27.3 Å². The van der Waals surface area contributed by atoms with Crippen molar-refractivity contribution in [2.24, 2.45) is 0 Å². The average Bonchev–Trinajstić information content (AvgIpc) is 2.71. The quantitative estimate of drug-likeness (QED) is 0.302. The number of benzene rings is 2. The van der Waals surface area contributed by atoms with Gasteiger partial charge >= 0.3 is 0 Å². The SMILES string of the molecule is Cc1ccc([N+](=O)[O-])cc1N(CCCC(=O)NCCOCc1ccccc1)S(C)(=O)=O. The van der Waals surface area contributed by atoms with Crippen LogP contribution in [0.1, 0.15) is 24.0 Å². The van der Waals surface area contributed by atoms with Crippen molar-refractivity contribution in [3.05, 3.63) is 69.8 Å². The number of nitrogens with zero attached hydrogens (tertiary/aromatic N) is 2. The Morgan fingerprint density at radius 3 is 2.55 bits per heavy atom. The minimum atomic E-state index is -3.67. The lowest BCUT2D eigenvalue weighted by Gasteiger charge is -2.24. The molecule has 0 unspecified atom stereocenters. The van der Waals surface area contributed by atoms with Crippen molar-refractivity contribution in [2.45, 2.75) is 26.4 Å². The van der Waals surface area contributed by atoms with E-state index < -0.39 is 14.9 Å². The van der Waals surface area contributed by atoms with E-state index in [0.717, 1.165) is 16.1 Å². The molecule has 0 heterocycles. The van der Waals surface area contributed by atoms with Gasteiger partial charge in [0.25, 0.3) is 5.69 Å². The molecule has 0 aliphatic heterocycles. The Morgan fingerprint density at radius 2 is 1.90 bits per heavy atom. The lowest BCUT2D eigenvalue weighted by molar-refractivity contribution is -0.384. The second-order valence-corrected chi connectivity index (χ2v) is 8.96. The molecule has 0 atom stereocenters. The highest BCUT2D eigenvalue weighted by Gasteiger charge is 2.21. The molecule has 2 aromatic carbocycles. The van der Waals surface area contributed by atoms with Crippen LogP contribution in [0.5, 0.6) is 0 Å². The summed E-state index contributed by atoms with van der Waals surface area (Å²) in [7, 11) is -3.67. The Kier molecular flexibility index (Phi) is 8.95. The molecule has 0 spiro atoms. The molecular formula is C21H27N3O6S. The molecule has 10 heteroatoms. The van der Waals surface area contributed by atoms with Gasteiger partial charge in [-0.05, 0) is 24.5 Å². The van der Waals surface area contributed by atoms with E-state index in [9.17, 15) is 23.3 Å². The van der Waals surface area contributed by atoms with Gasteiger partial charge in [-0.3, -0.25) is 19.2 Å². The van der Waals surface area contributed by atoms with Gasteiger partial charge in [0, 0.05) is 31.6 Å². The minimum Gasteiger partial charge on any atom is -0.375 e. The molecule has 168 valence electrons. The van der Waals surface area contributed by atoms with Gasteiger partial charge in [-0.2, -0.15) is 0 Å². The second kappa shape index (κ2) is 11.4. The molecule has 2 aromatic rings. The zero-order valence-electron chi connectivity index (χ0n) is 17.6. The van der Waals surface area contributed by atoms with Crippen molar-refractivity contribution < 1.29 is 22.9 Å². The fourth-order valence-electron chi connectivity index (χ4n) is 2.94. The van der Waals surface area contributed by atoms with Crippen molar-refractivity contribution in [1.82, 2.24) is 5.32 Å². The van der Waals surface area contributed by atoms with Crippen LogP contribution in [0.25, 0.3) is 0 Å². The van der Waals surface area contributed by atoms with E-state index in [1.807, 2.05) is 30.3 Å². The van der Waals surface area contributed by atoms with Crippen LogP contribution in [-0.4, -0.2) is 45.2 Å². The molecule has 31 heavy (non-hydrogen) atoms. The number of non-ortho nitro benzene ring substituents is 1. The van der Waals surface area contributed by atoms with Crippen LogP contribution in [0.2, 0.25) is 0 Å². The molecule has 0 saturated carbocycles. The first-order chi connectivity index (χ1) is 14.7. The Labute approximate surface area is 182 Å². The number of carbonyl (C=O) groups is 1. The molecule has 0 fully saturated rings. The number of ether oxygens (including phenoxy) is 1. The number of nitrogens with one attached hydrogen (secondary N) is 1. The molecule has 1 amide bonds. The third-order valence-corrected chi connectivity index (χ3v) is 5.70. The molecule has 0 aliphatic rings. The fraction of sp³-hybridized carbons (Fsp3) is 0.381. The van der Waals surface area contributed by atoms with E-state index in [-0.39, 0.29) is 36.7 Å². The standard InChI is InChI=1S/C21H27N3O6S/c1-17-10-11-19(24(26)27)15-20(17)23(31(2,28)29)13-6-9-21(25)22-12-14-30-16-18-7-4-3-5-8-18/h3-5,7-8,10-11,15H,6,9,12-14,16H2,1-2H3,(H,22,25). The summed E-state index contributed by atoms with van der Waals surface area (Å²) >= 11 is 0. The van der Waals surface area contributed by atoms with Crippen LogP contribution >= 0.6 is 0 Å². The number of aryl methyl sites for hydroxylation is 1. The smallest absolute Gasteiger partial charge is 0.271 e. The topological polar surface area (TPSA) is 119 Å². The largest absolute Gasteiger partial charge is 0.375 e. The molecule has 0 aliphatic carbocycles. The molecule has 0 bridgehead atoms. The van der Waals surface area contributed by atoms with Crippen molar-refractivity contribution in [1.29, 1.82) is 0 Å². The Hall–Kier alpha value is -2.98. The van der Waals surface area contributed by atoms with Gasteiger partial charge in [0.05, 0.1) is 30.1 Å². The molecule has 0 radical (unpaired) electrons. The fourth-order valence-corrected chi connectivity index (χ4v) is 3.96. The van der Waals surface area contributed by atoms with Gasteiger partial charge in [0.15, 0.2) is 0 Å². The van der Waals surface area contributed by atoms with E-state index in [0.29, 0.717) is 25.3 Å². The molecule has 1 N–H and O–H groups in total. The van der Waals surface area contributed by atoms with E-state index in [2.05, 4.69) is 5.32 Å². The summed E-state index contributed by atoms with van der Waals surface area (Å²) in [6, 6.07) is 13.8. The summed E-state index contributed by atoms with van der Waals surface area (Å²) in [5.41, 5.74) is 1.69. The van der Waals surface area contributed by atoms with E-state index in [1.54, 1.807) is 6.92 Å². The normalized spacial score (nSPS) is 11.2. The number of hydrogen-bond donors (Lipinski definition) is 1. The summed E-state index contributed by atoms with van der Waals surface area (Å²) in [4.78, 5) is 22.5. The third kappa shape index (κ3) is 7.99. The Morgan fingerprint density at radius 1 is 1.19 bits per heavy atom. The number of anilines is 1. The number of hydrogen-bond acceptors (Lipinski definition) is 6. The van der Waals surface area contributed by atoms with Crippen LogP contribution < -0.4 is 9.62 Å². The van der Waals surface area contributed by atoms with Gasteiger partial charge in [-0.15, -0.1) is 0 Å². The lowest BCUT2D eigenvalue weighted by Crippen LogP contribution is -2.33. The van der Waals surface area contributed by atoms with E-state index in [4.69, 9.17) is 4.74 Å². The predicted molar refractivity (Wildman–Crippen MR) is 118 cm³/mol. The van der Waals surface area contributed by atoms with Crippen LogP contribution in [0, 0.1) is 17.0 Å². The van der Waals surface area contributed by atoms with Crippen molar-refractivity contribution in [2.75, 3.05) is 30.3 Å². The average molecular weight is 450 g/mol. The minimum absolute atomic E-state index is 0.0404. The highest BCUT2D eigenvalue weighted by Crippen LogP contribution is 2.27. The number of amides is 1. The summed E-state index contributed by atoms with van der Waals surface area (Å²) in [5.74, 6) is -0.215. The first-order valence-electron chi connectivity index (χ1n) is 9.79. The van der Waals surface area contributed by atoms with E-state index in [1.165, 1.54) is 18.2 Å². The number of sulfonamides is 1. The van der Waals surface area contributed by atoms with Crippen LogP contribution in [0.15, 0.2) is 48.5 Å². The Balaban J connectivity index is 1.82. The van der Waals surface area contributed by atoms with Crippen molar-refractivity contribution in [3.63, 3.8) is 0 Å². The predicted octanol–water partition coefficient (Wildman–Crippen LogP) is 2.78. The maximum absolute atomic E-state index is 12.2. The summed E-state index contributed by atoms with van der Waals surface area (Å²) in [6.07, 6.45) is 1.43. The van der Waals surface area contributed by atoms with Crippen molar-refractivity contribution in [3.8, 4) is 0 Å². The maximum atomic E-state index is 12.2. The highest BCUT2D eigenvalue weighted by molar-refractivity contribution is 7.92. The van der Waals surface area contributed by atoms with E-state index >= 15 is 0 Å². The van der Waals surface area contributed by atoms with Gasteiger partial charge < -0.3 is 10.1 Å². The molecular weight excluding hydrogens is 422 g/mol. The second-order valence-electron chi connectivity index (χ2n) is 7.05.